The van der Waals surface area contributed by atoms with Crippen LogP contribution in [-0.4, -0.2) is 30.0 Å². The minimum absolute atomic E-state index is 0.158. The Balaban J connectivity index is 1.63. The molecule has 0 radical (unpaired) electrons. The Morgan fingerprint density at radius 2 is 1.76 bits per heavy atom. The zero-order valence-electron chi connectivity index (χ0n) is 13.7. The maximum atomic E-state index is 13.6. The van der Waals surface area contributed by atoms with Crippen LogP contribution in [-0.2, 0) is 0 Å². The third-order valence-corrected chi connectivity index (χ3v) is 3.81. The Kier molecular flexibility index (Phi) is 5.13. The maximum Gasteiger partial charge on any atom is 0.220 e. The first-order valence-electron chi connectivity index (χ1n) is 8.01. The van der Waals surface area contributed by atoms with Crippen molar-refractivity contribution in [2.75, 3.05) is 13.2 Å². The van der Waals surface area contributed by atoms with E-state index in [1.165, 1.54) is 6.07 Å². The summed E-state index contributed by atoms with van der Waals surface area (Å²) in [5.41, 5.74) is 12.8. The predicted molar refractivity (Wildman–Crippen MR) is 95.6 cm³/mol. The predicted octanol–water partition coefficient (Wildman–Crippen LogP) is 2.24. The highest BCUT2D eigenvalue weighted by atomic mass is 19.1. The van der Waals surface area contributed by atoms with Crippen molar-refractivity contribution in [3.8, 4) is 5.75 Å². The lowest BCUT2D eigenvalue weighted by molar-refractivity contribution is 0.251. The average Bonchev–Trinajstić information content (AvgIpc) is 2.62. The molecule has 0 aromatic heterocycles. The van der Waals surface area contributed by atoms with E-state index in [1.54, 1.807) is 18.2 Å². The van der Waals surface area contributed by atoms with Gasteiger partial charge in [0.1, 0.15) is 0 Å². The Morgan fingerprint density at radius 1 is 1.04 bits per heavy atom. The normalized spacial score (nSPS) is 17.0. The number of nitrogens with zero attached hydrogens (tertiary/aromatic N) is 3. The number of hydrogen-bond acceptors (Lipinski definition) is 6. The Labute approximate surface area is 145 Å². The second-order valence-corrected chi connectivity index (χ2v) is 5.57. The van der Waals surface area contributed by atoms with Crippen molar-refractivity contribution >= 4 is 11.9 Å². The summed E-state index contributed by atoms with van der Waals surface area (Å²) in [4.78, 5) is 10.3. The van der Waals surface area contributed by atoms with Crippen LogP contribution in [0.3, 0.4) is 0 Å². The molecule has 1 atom stereocenters. The van der Waals surface area contributed by atoms with Gasteiger partial charge in [0.2, 0.25) is 11.9 Å². The van der Waals surface area contributed by atoms with Crippen molar-refractivity contribution in [3.05, 3.63) is 66.0 Å². The Hall–Kier alpha value is -3.09. The molecular formula is C18H20FN5O. The molecule has 1 aliphatic rings. The first-order valence-corrected chi connectivity index (χ1v) is 8.01. The summed E-state index contributed by atoms with van der Waals surface area (Å²) in [6.45, 7) is 0.908. The van der Waals surface area contributed by atoms with E-state index in [-0.39, 0.29) is 23.7 Å². The minimum Gasteiger partial charge on any atom is -0.490 e. The molecule has 0 amide bonds. The maximum absolute atomic E-state index is 13.6. The molecule has 2 aromatic rings. The molecule has 0 saturated carbocycles. The van der Waals surface area contributed by atoms with Gasteiger partial charge >= 0.3 is 0 Å². The zero-order chi connectivity index (χ0) is 17.6. The number of halogens is 1. The molecule has 2 aromatic carbocycles. The molecule has 25 heavy (non-hydrogen) atoms. The van der Waals surface area contributed by atoms with E-state index >= 15 is 0 Å². The van der Waals surface area contributed by atoms with Gasteiger partial charge in [0, 0.05) is 6.54 Å². The van der Waals surface area contributed by atoms with E-state index in [4.69, 9.17) is 16.2 Å². The van der Waals surface area contributed by atoms with Gasteiger partial charge in [-0.1, -0.05) is 42.5 Å². The van der Waals surface area contributed by atoms with Crippen molar-refractivity contribution < 1.29 is 9.13 Å². The molecule has 0 bridgehead atoms. The highest BCUT2D eigenvalue weighted by Gasteiger charge is 2.25. The topological polar surface area (TPSA) is 89.2 Å². The summed E-state index contributed by atoms with van der Waals surface area (Å²) in [6.07, 6.45) is 0.302. The molecule has 3 rings (SSSR count). The highest BCUT2D eigenvalue weighted by molar-refractivity contribution is 5.95. The van der Waals surface area contributed by atoms with Crippen LogP contribution >= 0.6 is 0 Å². The summed E-state index contributed by atoms with van der Waals surface area (Å²) in [5.74, 6) is 0.336. The van der Waals surface area contributed by atoms with Crippen LogP contribution in [0.5, 0.6) is 5.75 Å². The number of aliphatic imine (C=N–C) groups is 2. The number of guanidine groups is 2. The minimum atomic E-state index is -0.374. The van der Waals surface area contributed by atoms with Crippen LogP contribution in [0, 0.1) is 5.82 Å². The zero-order valence-corrected chi connectivity index (χ0v) is 13.7. The molecule has 4 N–H and O–H groups in total. The number of para-hydroxylation sites is 1. The standard InChI is InChI=1S/C18H20FN5O/c19-14-9-4-5-10-15(14)25-12-6-11-24-16(13-7-2-1-3-8-13)22-17(20)23-18(24)21/h1-5,7-10,16H,6,11-12H2,(H4,20,21,22,23). The van der Waals surface area contributed by atoms with Crippen LogP contribution in [0.15, 0.2) is 64.6 Å². The summed E-state index contributed by atoms with van der Waals surface area (Å²) in [6, 6.07) is 16.0. The van der Waals surface area contributed by atoms with Crippen molar-refractivity contribution in [1.29, 1.82) is 0 Å². The lowest BCUT2D eigenvalue weighted by Crippen LogP contribution is -2.44. The molecular weight excluding hydrogens is 321 g/mol. The molecule has 1 unspecified atom stereocenters. The average molecular weight is 341 g/mol. The second kappa shape index (κ2) is 7.65. The van der Waals surface area contributed by atoms with Crippen molar-refractivity contribution in [2.24, 2.45) is 21.5 Å². The van der Waals surface area contributed by atoms with Crippen LogP contribution in [0.4, 0.5) is 4.39 Å². The quantitative estimate of drug-likeness (QED) is 0.789. The van der Waals surface area contributed by atoms with E-state index in [9.17, 15) is 4.39 Å². The van der Waals surface area contributed by atoms with Gasteiger partial charge in [0.05, 0.1) is 6.61 Å². The number of hydrogen-bond donors (Lipinski definition) is 2. The number of ether oxygens (including phenoxy) is 1. The molecule has 0 aliphatic carbocycles. The Morgan fingerprint density at radius 3 is 2.52 bits per heavy atom. The van der Waals surface area contributed by atoms with Crippen LogP contribution in [0.2, 0.25) is 0 Å². The van der Waals surface area contributed by atoms with Gasteiger partial charge in [-0.25, -0.2) is 9.38 Å². The van der Waals surface area contributed by atoms with Gasteiger partial charge in [-0.15, -0.1) is 0 Å². The van der Waals surface area contributed by atoms with E-state index in [0.717, 1.165) is 5.56 Å². The molecule has 130 valence electrons. The molecule has 6 nitrogen and oxygen atoms in total. The van der Waals surface area contributed by atoms with Crippen molar-refractivity contribution in [1.82, 2.24) is 4.90 Å². The summed E-state index contributed by atoms with van der Waals surface area (Å²) in [5, 5.41) is 0. The van der Waals surface area contributed by atoms with Crippen LogP contribution in [0.25, 0.3) is 0 Å². The van der Waals surface area contributed by atoms with Gasteiger partial charge in [0.15, 0.2) is 17.7 Å². The fourth-order valence-corrected chi connectivity index (χ4v) is 2.63. The molecule has 7 heteroatoms. The van der Waals surface area contributed by atoms with Crippen molar-refractivity contribution in [2.45, 2.75) is 12.6 Å². The van der Waals surface area contributed by atoms with E-state index in [2.05, 4.69) is 9.98 Å². The molecule has 1 heterocycles. The fraction of sp³-hybridized carbons (Fsp3) is 0.222. The summed E-state index contributed by atoms with van der Waals surface area (Å²) < 4.78 is 19.0. The van der Waals surface area contributed by atoms with Crippen LogP contribution < -0.4 is 16.2 Å². The second-order valence-electron chi connectivity index (χ2n) is 5.57. The summed E-state index contributed by atoms with van der Waals surface area (Å²) in [7, 11) is 0. The van der Waals surface area contributed by atoms with Gasteiger partial charge in [0.25, 0.3) is 0 Å². The number of rotatable bonds is 6. The third kappa shape index (κ3) is 4.06. The van der Waals surface area contributed by atoms with Crippen LogP contribution in [0.1, 0.15) is 18.2 Å². The van der Waals surface area contributed by atoms with Crippen molar-refractivity contribution in [3.63, 3.8) is 0 Å². The number of benzene rings is 2. The number of nitrogens with two attached hydrogens (primary N) is 2. The molecule has 1 aliphatic heterocycles. The Bertz CT molecular complexity index is 778. The molecule has 0 spiro atoms. The lowest BCUT2D eigenvalue weighted by atomic mass is 10.1. The lowest BCUT2D eigenvalue weighted by Gasteiger charge is -2.32. The first-order chi connectivity index (χ1) is 12.1. The van der Waals surface area contributed by atoms with E-state index in [1.807, 2.05) is 35.2 Å². The SMILES string of the molecule is NC1=NC(c2ccccc2)N(CCCOc2ccccc2F)C(N)=N1. The van der Waals surface area contributed by atoms with E-state index < -0.39 is 0 Å². The van der Waals surface area contributed by atoms with Gasteiger partial charge in [-0.3, -0.25) is 0 Å². The smallest absolute Gasteiger partial charge is 0.220 e. The van der Waals surface area contributed by atoms with Gasteiger partial charge in [-0.2, -0.15) is 4.99 Å². The molecule has 0 saturated heterocycles. The monoisotopic (exact) mass is 341 g/mol. The largest absolute Gasteiger partial charge is 0.490 e. The molecule has 0 fully saturated rings. The van der Waals surface area contributed by atoms with Gasteiger partial charge < -0.3 is 21.1 Å². The highest BCUT2D eigenvalue weighted by Crippen LogP contribution is 2.24. The summed E-state index contributed by atoms with van der Waals surface area (Å²) >= 11 is 0. The fourth-order valence-electron chi connectivity index (χ4n) is 2.63. The first kappa shape index (κ1) is 16.8. The van der Waals surface area contributed by atoms with E-state index in [0.29, 0.717) is 25.5 Å². The van der Waals surface area contributed by atoms with Gasteiger partial charge in [-0.05, 0) is 24.1 Å². The third-order valence-electron chi connectivity index (χ3n) is 3.81.